The largest absolute Gasteiger partial charge is 0.390 e. The number of hydrazine groups is 1. The van der Waals surface area contributed by atoms with E-state index in [0.29, 0.717) is 32.0 Å². The minimum absolute atomic E-state index is 0.0103. The minimum Gasteiger partial charge on any atom is -0.390 e. The van der Waals surface area contributed by atoms with Crippen molar-refractivity contribution in [3.63, 3.8) is 0 Å². The van der Waals surface area contributed by atoms with Gasteiger partial charge in [-0.25, -0.2) is 27.0 Å². The number of unbranched alkanes of at least 4 members (excludes halogenated alkanes) is 1. The zero-order chi connectivity index (χ0) is 34.5. The van der Waals surface area contributed by atoms with Gasteiger partial charge in [0.1, 0.15) is 0 Å². The van der Waals surface area contributed by atoms with Crippen molar-refractivity contribution >= 4 is 31.9 Å². The fourth-order valence-electron chi connectivity index (χ4n) is 7.02. The van der Waals surface area contributed by atoms with Gasteiger partial charge < -0.3 is 15.3 Å². The predicted molar refractivity (Wildman–Crippen MR) is 182 cm³/mol. The number of primary sulfonamides is 1. The Balaban J connectivity index is 2.31. The van der Waals surface area contributed by atoms with E-state index in [4.69, 9.17) is 5.14 Å². The van der Waals surface area contributed by atoms with Crippen molar-refractivity contribution in [3.05, 3.63) is 0 Å². The van der Waals surface area contributed by atoms with Gasteiger partial charge >= 0.3 is 0 Å². The quantitative estimate of drug-likeness (QED) is 0.141. The maximum atomic E-state index is 13.9. The molecule has 12 nitrogen and oxygen atoms in total. The number of carbonyl (C=O) groups excluding carboxylic acids is 2. The number of aliphatic hydroxyl groups excluding tert-OH is 1. The van der Waals surface area contributed by atoms with Crippen molar-refractivity contribution in [3.8, 4) is 0 Å². The Labute approximate surface area is 279 Å². The van der Waals surface area contributed by atoms with E-state index in [1.807, 2.05) is 34.6 Å². The van der Waals surface area contributed by atoms with E-state index in [1.54, 1.807) is 4.90 Å². The van der Waals surface area contributed by atoms with Gasteiger partial charge in [-0.2, -0.15) is 0 Å². The van der Waals surface area contributed by atoms with Crippen LogP contribution in [-0.4, -0.2) is 93.0 Å². The van der Waals surface area contributed by atoms with Crippen molar-refractivity contribution in [2.24, 2.45) is 28.8 Å². The fraction of sp³-hybridized carbons (Fsp3) is 0.938. The summed E-state index contributed by atoms with van der Waals surface area (Å²) in [6.07, 6.45) is 8.12. The number of hydrogen-bond donors (Lipinski definition) is 4. The molecule has 0 spiro atoms. The molecule has 14 heteroatoms. The Morgan fingerprint density at radius 1 is 0.891 bits per heavy atom. The van der Waals surface area contributed by atoms with Crippen molar-refractivity contribution in [2.75, 3.05) is 31.9 Å². The molecule has 2 saturated carbocycles. The lowest BCUT2D eigenvalue weighted by molar-refractivity contribution is -0.138. The average molecular weight is 694 g/mol. The lowest BCUT2D eigenvalue weighted by atomic mass is 9.79. The van der Waals surface area contributed by atoms with E-state index in [-0.39, 0.29) is 43.4 Å². The number of sulfonamides is 2. The first-order valence-electron chi connectivity index (χ1n) is 17.6. The smallest absolute Gasteiger partial charge is 0.225 e. The molecular weight excluding hydrogens is 631 g/mol. The molecule has 0 saturated heterocycles. The second-order valence-electron chi connectivity index (χ2n) is 14.1. The van der Waals surface area contributed by atoms with E-state index in [0.717, 1.165) is 57.8 Å². The van der Waals surface area contributed by atoms with Crippen LogP contribution in [-0.2, 0) is 29.6 Å². The summed E-state index contributed by atoms with van der Waals surface area (Å²) in [7, 11) is -7.63. The van der Waals surface area contributed by atoms with Gasteiger partial charge in [0.2, 0.25) is 31.9 Å². The summed E-state index contributed by atoms with van der Waals surface area (Å²) in [6, 6.07) is -0.671. The topological polar surface area (TPSA) is 179 Å². The highest BCUT2D eigenvalue weighted by atomic mass is 32.2. The molecule has 5 N–H and O–H groups in total. The third-order valence-corrected chi connectivity index (χ3v) is 12.2. The van der Waals surface area contributed by atoms with Crippen LogP contribution in [0.25, 0.3) is 0 Å². The second-order valence-corrected chi connectivity index (χ2v) is 17.7. The van der Waals surface area contributed by atoms with Gasteiger partial charge in [-0.05, 0) is 56.8 Å². The number of rotatable bonds is 20. The van der Waals surface area contributed by atoms with E-state index >= 15 is 0 Å². The number of amides is 2. The standard InChI is InChI=1S/C32H63N5O7S2/c1-6-9-17-37(35-45(41,42)23-24(4)5)22-30(38)29(18-25-13-11-10-12-14-25)34-31(39)26-19-27(21-28(20-26)46(33,43)44)32(40)36(15-7-2)16-8-3/h24-30,35,38H,6-23H2,1-5H3,(H,34,39)(H2,33,43,44). The molecule has 0 heterocycles. The van der Waals surface area contributed by atoms with Crippen LogP contribution in [0.1, 0.15) is 118 Å². The van der Waals surface area contributed by atoms with Crippen molar-refractivity contribution in [2.45, 2.75) is 135 Å². The lowest BCUT2D eigenvalue weighted by Crippen LogP contribution is -2.55. The molecule has 2 fully saturated rings. The fourth-order valence-corrected chi connectivity index (χ4v) is 9.54. The summed E-state index contributed by atoms with van der Waals surface area (Å²) < 4.78 is 50.7. The summed E-state index contributed by atoms with van der Waals surface area (Å²) in [6.45, 7) is 11.1. The Bertz CT molecular complexity index is 1140. The molecule has 5 atom stereocenters. The van der Waals surface area contributed by atoms with Crippen molar-refractivity contribution < 1.29 is 31.5 Å². The predicted octanol–water partition coefficient (Wildman–Crippen LogP) is 3.12. The second kappa shape index (κ2) is 19.6. The zero-order valence-electron chi connectivity index (χ0n) is 29.0. The molecule has 270 valence electrons. The van der Waals surface area contributed by atoms with Crippen molar-refractivity contribution in [1.82, 2.24) is 20.1 Å². The number of aliphatic hydroxyl groups is 1. The number of nitrogens with zero attached hydrogens (tertiary/aromatic N) is 2. The van der Waals surface area contributed by atoms with Gasteiger partial charge in [0.15, 0.2) is 0 Å². The van der Waals surface area contributed by atoms with Gasteiger partial charge in [0.25, 0.3) is 0 Å². The van der Waals surface area contributed by atoms with E-state index in [9.17, 15) is 31.5 Å². The Morgan fingerprint density at radius 3 is 2.04 bits per heavy atom. The first-order chi connectivity index (χ1) is 21.6. The lowest BCUT2D eigenvalue weighted by Gasteiger charge is -2.37. The molecule has 2 amide bonds. The van der Waals surface area contributed by atoms with Gasteiger partial charge in [0.05, 0.1) is 23.1 Å². The van der Waals surface area contributed by atoms with E-state index < -0.39 is 55.2 Å². The van der Waals surface area contributed by atoms with Crippen LogP contribution in [0.2, 0.25) is 0 Å². The zero-order valence-corrected chi connectivity index (χ0v) is 30.6. The van der Waals surface area contributed by atoms with Gasteiger partial charge in [-0.15, -0.1) is 4.83 Å². The summed E-state index contributed by atoms with van der Waals surface area (Å²) in [5.74, 6) is -1.78. The SMILES string of the molecule is CCCCN(CC(O)C(CC1CCCCC1)NC(=O)C1CC(C(=O)N(CCC)CCC)CC(S(N)(=O)=O)C1)NS(=O)(=O)CC(C)C. The maximum absolute atomic E-state index is 13.9. The highest BCUT2D eigenvalue weighted by molar-refractivity contribution is 7.89. The Morgan fingerprint density at radius 2 is 1.50 bits per heavy atom. The van der Waals surface area contributed by atoms with Crippen LogP contribution in [0.5, 0.6) is 0 Å². The minimum atomic E-state index is -4.00. The monoisotopic (exact) mass is 693 g/mol. The molecule has 2 rings (SSSR count). The molecule has 0 aliphatic heterocycles. The molecule has 0 aromatic carbocycles. The average Bonchev–Trinajstić information content (AvgIpc) is 2.98. The first-order valence-corrected chi connectivity index (χ1v) is 20.9. The molecule has 5 unspecified atom stereocenters. The highest BCUT2D eigenvalue weighted by Crippen LogP contribution is 2.35. The van der Waals surface area contributed by atoms with Crippen LogP contribution < -0.4 is 15.3 Å². The maximum Gasteiger partial charge on any atom is 0.225 e. The van der Waals surface area contributed by atoms with Crippen LogP contribution >= 0.6 is 0 Å². The Hall–Kier alpha value is -1.32. The number of carbonyl (C=O) groups is 2. The molecule has 0 aromatic heterocycles. The van der Waals surface area contributed by atoms with E-state index in [2.05, 4.69) is 10.1 Å². The summed E-state index contributed by atoms with van der Waals surface area (Å²) >= 11 is 0. The third-order valence-electron chi connectivity index (χ3n) is 9.26. The van der Waals surface area contributed by atoms with Crippen molar-refractivity contribution in [1.29, 1.82) is 0 Å². The van der Waals surface area contributed by atoms with Gasteiger partial charge in [-0.3, -0.25) is 9.59 Å². The third kappa shape index (κ3) is 14.0. The van der Waals surface area contributed by atoms with Crippen LogP contribution in [0.4, 0.5) is 0 Å². The number of hydrogen-bond acceptors (Lipinski definition) is 8. The van der Waals surface area contributed by atoms with Crippen LogP contribution in [0.15, 0.2) is 0 Å². The molecule has 2 aliphatic carbocycles. The summed E-state index contributed by atoms with van der Waals surface area (Å²) in [4.78, 5) is 31.9. The van der Waals surface area contributed by atoms with Gasteiger partial charge in [0, 0.05) is 38.0 Å². The molecule has 46 heavy (non-hydrogen) atoms. The number of nitrogens with two attached hydrogens (primary N) is 1. The van der Waals surface area contributed by atoms with Crippen LogP contribution in [0.3, 0.4) is 0 Å². The molecular formula is C32H63N5O7S2. The molecule has 0 radical (unpaired) electrons. The summed E-state index contributed by atoms with van der Waals surface area (Å²) in [5.41, 5.74) is 0. The first kappa shape index (κ1) is 40.9. The van der Waals surface area contributed by atoms with Crippen LogP contribution in [0, 0.1) is 23.7 Å². The molecule has 0 aromatic rings. The summed E-state index contributed by atoms with van der Waals surface area (Å²) in [5, 5.41) is 20.7. The molecule has 0 bridgehead atoms. The van der Waals surface area contributed by atoms with Gasteiger partial charge in [-0.1, -0.05) is 73.1 Å². The normalized spacial score (nSPS) is 22.9. The number of nitrogens with one attached hydrogen (secondary N) is 2. The highest BCUT2D eigenvalue weighted by Gasteiger charge is 2.42. The molecule has 2 aliphatic rings. The van der Waals surface area contributed by atoms with E-state index in [1.165, 1.54) is 5.01 Å². The Kier molecular flexibility index (Phi) is 17.4.